The fourth-order valence-electron chi connectivity index (χ4n) is 1.86. The van der Waals surface area contributed by atoms with E-state index in [4.69, 9.17) is 15.2 Å². The molecule has 0 aromatic heterocycles. The summed E-state index contributed by atoms with van der Waals surface area (Å²) in [5.74, 6) is 1.13. The zero-order chi connectivity index (χ0) is 17.5. The second-order valence-corrected chi connectivity index (χ2v) is 6.45. The van der Waals surface area contributed by atoms with E-state index in [2.05, 4.69) is 42.4 Å². The highest BCUT2D eigenvalue weighted by Crippen LogP contribution is 2.36. The third kappa shape index (κ3) is 5.24. The highest BCUT2D eigenvalue weighted by atomic mass is 79.9. The van der Waals surface area contributed by atoms with Crippen LogP contribution in [-0.4, -0.2) is 19.4 Å². The van der Waals surface area contributed by atoms with Gasteiger partial charge in [-0.3, -0.25) is 0 Å². The lowest BCUT2D eigenvalue weighted by Gasteiger charge is -2.13. The van der Waals surface area contributed by atoms with E-state index in [1.54, 1.807) is 19.2 Å². The molecule has 6 nitrogen and oxygen atoms in total. The predicted octanol–water partition coefficient (Wildman–Crippen LogP) is 3.80. The summed E-state index contributed by atoms with van der Waals surface area (Å²) in [5.41, 5.74) is 8.83. The minimum atomic E-state index is -0.730. The fraction of sp³-hybridized carbons (Fsp3) is 0.125. The Morgan fingerprint density at radius 2 is 2.00 bits per heavy atom. The maximum atomic E-state index is 10.6. The number of carbonyl (C=O) groups excluding carboxylic acids is 1. The van der Waals surface area contributed by atoms with E-state index in [9.17, 15) is 4.79 Å². The molecule has 0 fully saturated rings. The summed E-state index contributed by atoms with van der Waals surface area (Å²) in [6, 6.07) is 10.7. The lowest BCUT2D eigenvalue weighted by Crippen LogP contribution is -2.24. The zero-order valence-electron chi connectivity index (χ0n) is 12.8. The first-order chi connectivity index (χ1) is 11.5. The number of methoxy groups -OCH3 is 1. The van der Waals surface area contributed by atoms with Gasteiger partial charge in [-0.25, -0.2) is 10.2 Å². The van der Waals surface area contributed by atoms with Crippen molar-refractivity contribution in [2.24, 2.45) is 10.8 Å². The Hall–Kier alpha value is -2.06. The van der Waals surface area contributed by atoms with Crippen LogP contribution in [0.15, 0.2) is 50.4 Å². The maximum absolute atomic E-state index is 10.6. The Labute approximate surface area is 156 Å². The average Bonchev–Trinajstić information content (AvgIpc) is 2.54. The summed E-state index contributed by atoms with van der Waals surface area (Å²) >= 11 is 6.86. The van der Waals surface area contributed by atoms with Crippen LogP contribution in [0, 0.1) is 0 Å². The number of ether oxygens (including phenoxy) is 2. The number of nitrogens with two attached hydrogens (primary N) is 1. The summed E-state index contributed by atoms with van der Waals surface area (Å²) in [6.07, 6.45) is 1.45. The molecule has 2 rings (SSSR count). The first-order valence-electron chi connectivity index (χ1n) is 6.83. The number of benzene rings is 2. The van der Waals surface area contributed by atoms with Crippen molar-refractivity contribution in [3.05, 3.63) is 56.5 Å². The fourth-order valence-corrected chi connectivity index (χ4v) is 2.70. The highest BCUT2D eigenvalue weighted by molar-refractivity contribution is 9.10. The topological polar surface area (TPSA) is 85.9 Å². The normalized spacial score (nSPS) is 10.6. The molecule has 2 aromatic carbocycles. The first kappa shape index (κ1) is 18.3. The van der Waals surface area contributed by atoms with Crippen molar-refractivity contribution < 1.29 is 14.3 Å². The van der Waals surface area contributed by atoms with Crippen LogP contribution in [0.5, 0.6) is 11.5 Å². The second-order valence-electron chi connectivity index (χ2n) is 4.68. The number of primary amides is 1. The Kier molecular flexibility index (Phi) is 6.62. The van der Waals surface area contributed by atoms with Crippen molar-refractivity contribution in [2.75, 3.05) is 7.11 Å². The Morgan fingerprint density at radius 1 is 1.29 bits per heavy atom. The molecule has 0 aliphatic heterocycles. The number of halogens is 2. The molecule has 2 amide bonds. The molecular weight excluding hydrogens is 442 g/mol. The largest absolute Gasteiger partial charge is 0.493 e. The lowest BCUT2D eigenvalue weighted by atomic mass is 10.2. The molecule has 8 heteroatoms. The van der Waals surface area contributed by atoms with Crippen molar-refractivity contribution >= 4 is 44.1 Å². The molecule has 0 bridgehead atoms. The van der Waals surface area contributed by atoms with E-state index in [-0.39, 0.29) is 0 Å². The van der Waals surface area contributed by atoms with Crippen LogP contribution in [0.1, 0.15) is 11.1 Å². The van der Waals surface area contributed by atoms with Crippen LogP contribution in [-0.2, 0) is 6.61 Å². The molecule has 0 aliphatic rings. The van der Waals surface area contributed by atoms with E-state index in [0.29, 0.717) is 28.1 Å². The van der Waals surface area contributed by atoms with Gasteiger partial charge >= 0.3 is 6.03 Å². The average molecular weight is 457 g/mol. The van der Waals surface area contributed by atoms with Crippen molar-refractivity contribution in [3.63, 3.8) is 0 Å². The Balaban J connectivity index is 2.15. The summed E-state index contributed by atoms with van der Waals surface area (Å²) in [4.78, 5) is 10.6. The molecule has 0 heterocycles. The van der Waals surface area contributed by atoms with Crippen LogP contribution in [0.3, 0.4) is 0 Å². The van der Waals surface area contributed by atoms with Gasteiger partial charge < -0.3 is 15.2 Å². The number of rotatable bonds is 6. The van der Waals surface area contributed by atoms with E-state index < -0.39 is 6.03 Å². The molecule has 3 N–H and O–H groups in total. The third-order valence-electron chi connectivity index (χ3n) is 2.94. The minimum absolute atomic E-state index is 0.402. The van der Waals surface area contributed by atoms with Crippen molar-refractivity contribution in [3.8, 4) is 11.5 Å². The van der Waals surface area contributed by atoms with Gasteiger partial charge in [0.05, 0.1) is 17.8 Å². The standard InChI is InChI=1S/C16H15Br2N3O3/c1-23-14-7-11(8-20-21-16(19)22)6-13(18)15(14)24-9-10-2-4-12(17)5-3-10/h2-8H,9H2,1H3,(H3,19,21,22)/b20-8-. The van der Waals surface area contributed by atoms with Crippen LogP contribution in [0.25, 0.3) is 0 Å². The zero-order valence-corrected chi connectivity index (χ0v) is 15.9. The van der Waals surface area contributed by atoms with E-state index >= 15 is 0 Å². The molecular formula is C16H15Br2N3O3. The molecule has 0 atom stereocenters. The van der Waals surface area contributed by atoms with Gasteiger partial charge in [0, 0.05) is 4.47 Å². The number of nitrogens with one attached hydrogen (secondary N) is 1. The summed E-state index contributed by atoms with van der Waals surface area (Å²) in [7, 11) is 1.55. The molecule has 0 unspecified atom stereocenters. The van der Waals surface area contributed by atoms with Gasteiger partial charge in [-0.05, 0) is 51.3 Å². The maximum Gasteiger partial charge on any atom is 0.332 e. The predicted molar refractivity (Wildman–Crippen MR) is 99.5 cm³/mol. The number of amides is 2. The molecule has 126 valence electrons. The summed E-state index contributed by atoms with van der Waals surface area (Å²) < 4.78 is 12.9. The van der Waals surface area contributed by atoms with Crippen LogP contribution in [0.2, 0.25) is 0 Å². The van der Waals surface area contributed by atoms with E-state index in [0.717, 1.165) is 10.0 Å². The summed E-state index contributed by atoms with van der Waals surface area (Å²) in [5, 5.41) is 3.72. The van der Waals surface area contributed by atoms with Gasteiger partial charge in [0.25, 0.3) is 0 Å². The molecule has 0 radical (unpaired) electrons. The van der Waals surface area contributed by atoms with Gasteiger partial charge in [-0.2, -0.15) is 5.10 Å². The second kappa shape index (κ2) is 8.70. The van der Waals surface area contributed by atoms with Gasteiger partial charge in [-0.1, -0.05) is 28.1 Å². The van der Waals surface area contributed by atoms with Gasteiger partial charge in [-0.15, -0.1) is 0 Å². The highest BCUT2D eigenvalue weighted by Gasteiger charge is 2.11. The van der Waals surface area contributed by atoms with Gasteiger partial charge in [0.15, 0.2) is 11.5 Å². The van der Waals surface area contributed by atoms with Crippen molar-refractivity contribution in [1.29, 1.82) is 0 Å². The lowest BCUT2D eigenvalue weighted by molar-refractivity contribution is 0.249. The van der Waals surface area contributed by atoms with Crippen LogP contribution in [0.4, 0.5) is 4.79 Å². The Morgan fingerprint density at radius 3 is 2.62 bits per heavy atom. The molecule has 24 heavy (non-hydrogen) atoms. The molecule has 0 aliphatic carbocycles. The van der Waals surface area contributed by atoms with Gasteiger partial charge in [0.2, 0.25) is 0 Å². The smallest absolute Gasteiger partial charge is 0.332 e. The monoisotopic (exact) mass is 455 g/mol. The quantitative estimate of drug-likeness (QED) is 0.512. The molecule has 2 aromatic rings. The first-order valence-corrected chi connectivity index (χ1v) is 8.41. The number of urea groups is 1. The SMILES string of the molecule is COc1cc(/C=N\NC(N)=O)cc(Br)c1OCc1ccc(Br)cc1. The van der Waals surface area contributed by atoms with Gasteiger partial charge in [0.1, 0.15) is 6.61 Å². The number of nitrogens with zero attached hydrogens (tertiary/aromatic N) is 1. The van der Waals surface area contributed by atoms with Crippen LogP contribution >= 0.6 is 31.9 Å². The number of hydrazone groups is 1. The summed E-state index contributed by atoms with van der Waals surface area (Å²) in [6.45, 7) is 0.402. The van der Waals surface area contributed by atoms with Crippen molar-refractivity contribution in [2.45, 2.75) is 6.61 Å². The third-order valence-corrected chi connectivity index (χ3v) is 4.05. The van der Waals surface area contributed by atoms with E-state index in [1.807, 2.05) is 24.3 Å². The Bertz CT molecular complexity index is 749. The molecule has 0 saturated heterocycles. The number of hydrogen-bond donors (Lipinski definition) is 2. The minimum Gasteiger partial charge on any atom is -0.493 e. The van der Waals surface area contributed by atoms with E-state index in [1.165, 1.54) is 6.21 Å². The van der Waals surface area contributed by atoms with Crippen LogP contribution < -0.4 is 20.6 Å². The molecule has 0 spiro atoms. The molecule has 0 saturated carbocycles. The number of carbonyl (C=O) groups is 1. The number of hydrogen-bond acceptors (Lipinski definition) is 4. The van der Waals surface area contributed by atoms with Crippen molar-refractivity contribution in [1.82, 2.24) is 5.43 Å².